The maximum absolute atomic E-state index is 10.7. The molecule has 0 spiro atoms. The zero-order valence-electron chi connectivity index (χ0n) is 12.9. The van der Waals surface area contributed by atoms with Crippen LogP contribution in [-0.4, -0.2) is 28.3 Å². The highest BCUT2D eigenvalue weighted by atomic mass is 16.5. The fraction of sp³-hybridized carbons (Fsp3) is 0.375. The van der Waals surface area contributed by atoms with Crippen LogP contribution in [0.15, 0.2) is 42.7 Å². The summed E-state index contributed by atoms with van der Waals surface area (Å²) in [5, 5.41) is 7.74. The first-order valence-corrected chi connectivity index (χ1v) is 7.29. The van der Waals surface area contributed by atoms with E-state index in [0.29, 0.717) is 5.75 Å². The van der Waals surface area contributed by atoms with Crippen LogP contribution in [0.4, 0.5) is 0 Å². The van der Waals surface area contributed by atoms with Gasteiger partial charge in [0.25, 0.3) is 5.91 Å². The quantitative estimate of drug-likeness (QED) is 0.774. The summed E-state index contributed by atoms with van der Waals surface area (Å²) in [7, 11) is 0. The Hall–Kier alpha value is -2.34. The Morgan fingerprint density at radius 3 is 2.68 bits per heavy atom. The third-order valence-electron chi connectivity index (χ3n) is 3.60. The number of amides is 1. The van der Waals surface area contributed by atoms with E-state index in [2.05, 4.69) is 24.3 Å². The second-order valence-corrected chi connectivity index (χ2v) is 5.30. The lowest BCUT2D eigenvalue weighted by atomic mass is 10.1. The van der Waals surface area contributed by atoms with Gasteiger partial charge < -0.3 is 15.8 Å². The number of hydrogen-bond acceptors (Lipinski definition) is 4. The van der Waals surface area contributed by atoms with E-state index in [0.717, 1.165) is 12.1 Å². The highest BCUT2D eigenvalue weighted by Gasteiger charge is 2.13. The van der Waals surface area contributed by atoms with Crippen molar-refractivity contribution in [2.24, 2.45) is 5.73 Å². The Morgan fingerprint density at radius 1 is 1.36 bits per heavy atom. The van der Waals surface area contributed by atoms with E-state index < -0.39 is 5.91 Å². The molecule has 2 atom stereocenters. The van der Waals surface area contributed by atoms with Gasteiger partial charge in [-0.3, -0.25) is 9.48 Å². The lowest BCUT2D eigenvalue weighted by Gasteiger charge is -2.22. The normalized spacial score (nSPS) is 13.5. The number of aromatic nitrogens is 2. The standard InChI is InChI=1S/C16H22N4O2/c1-12(13(2)20-9-3-8-19-20)18-10-14-4-6-15(7-5-14)22-11-16(17)21/h3-9,12-13,18H,10-11H2,1-2H3,(H2,17,21)/t12-,13+/m0/s1. The molecule has 0 aliphatic carbocycles. The van der Waals surface area contributed by atoms with Crippen molar-refractivity contribution in [3.05, 3.63) is 48.3 Å². The van der Waals surface area contributed by atoms with E-state index in [1.165, 1.54) is 0 Å². The number of carbonyl (C=O) groups excluding carboxylic acids is 1. The van der Waals surface area contributed by atoms with E-state index in [1.807, 2.05) is 41.2 Å². The number of hydrogen-bond donors (Lipinski definition) is 2. The van der Waals surface area contributed by atoms with E-state index >= 15 is 0 Å². The van der Waals surface area contributed by atoms with Gasteiger partial charge in [0.2, 0.25) is 0 Å². The lowest BCUT2D eigenvalue weighted by Crippen LogP contribution is -2.33. The first kappa shape index (κ1) is 16.0. The molecule has 0 aliphatic heterocycles. The molecule has 0 aliphatic rings. The average molecular weight is 302 g/mol. The first-order chi connectivity index (χ1) is 10.6. The Labute approximate surface area is 130 Å². The summed E-state index contributed by atoms with van der Waals surface area (Å²) in [4.78, 5) is 10.7. The Morgan fingerprint density at radius 2 is 2.09 bits per heavy atom. The van der Waals surface area contributed by atoms with Crippen molar-refractivity contribution in [3.8, 4) is 5.75 Å². The topological polar surface area (TPSA) is 82.2 Å². The van der Waals surface area contributed by atoms with Crippen molar-refractivity contribution in [1.82, 2.24) is 15.1 Å². The molecule has 0 saturated heterocycles. The number of rotatable bonds is 8. The summed E-state index contributed by atoms with van der Waals surface area (Å²) < 4.78 is 7.17. The molecular weight excluding hydrogens is 280 g/mol. The van der Waals surface area contributed by atoms with Crippen molar-refractivity contribution in [2.75, 3.05) is 6.61 Å². The van der Waals surface area contributed by atoms with Gasteiger partial charge in [0.15, 0.2) is 6.61 Å². The SMILES string of the molecule is C[C@H](NCc1ccc(OCC(N)=O)cc1)[C@@H](C)n1cccn1. The van der Waals surface area contributed by atoms with Crippen molar-refractivity contribution < 1.29 is 9.53 Å². The zero-order valence-corrected chi connectivity index (χ0v) is 12.9. The molecule has 6 nitrogen and oxygen atoms in total. The van der Waals surface area contributed by atoms with Gasteiger partial charge in [0.05, 0.1) is 6.04 Å². The second kappa shape index (κ2) is 7.61. The Bertz CT molecular complexity index is 581. The molecule has 1 amide bonds. The van der Waals surface area contributed by atoms with Crippen LogP contribution in [0.1, 0.15) is 25.5 Å². The third-order valence-corrected chi connectivity index (χ3v) is 3.60. The van der Waals surface area contributed by atoms with Gasteiger partial charge in [-0.15, -0.1) is 0 Å². The highest BCUT2D eigenvalue weighted by Crippen LogP contribution is 2.13. The van der Waals surface area contributed by atoms with Gasteiger partial charge >= 0.3 is 0 Å². The van der Waals surface area contributed by atoms with Crippen LogP contribution >= 0.6 is 0 Å². The molecule has 2 aromatic rings. The number of nitrogens with zero attached hydrogens (tertiary/aromatic N) is 2. The predicted octanol–water partition coefficient (Wildman–Crippen LogP) is 1.49. The minimum Gasteiger partial charge on any atom is -0.484 e. The zero-order chi connectivity index (χ0) is 15.9. The van der Waals surface area contributed by atoms with Crippen LogP contribution in [0.2, 0.25) is 0 Å². The summed E-state index contributed by atoms with van der Waals surface area (Å²) in [6.45, 7) is 4.92. The minimum atomic E-state index is -0.479. The molecule has 0 unspecified atom stereocenters. The number of nitrogens with two attached hydrogens (primary N) is 1. The summed E-state index contributed by atoms with van der Waals surface area (Å²) in [5.74, 6) is 0.160. The summed E-state index contributed by atoms with van der Waals surface area (Å²) >= 11 is 0. The molecule has 0 fully saturated rings. The Kier molecular flexibility index (Phi) is 5.55. The van der Waals surface area contributed by atoms with Gasteiger partial charge in [0, 0.05) is 25.0 Å². The number of primary amides is 1. The van der Waals surface area contributed by atoms with Gasteiger partial charge in [-0.05, 0) is 37.6 Å². The third kappa shape index (κ3) is 4.60. The number of nitrogens with one attached hydrogen (secondary N) is 1. The molecule has 0 radical (unpaired) electrons. The number of carbonyl (C=O) groups is 1. The molecule has 1 aromatic carbocycles. The second-order valence-electron chi connectivity index (χ2n) is 5.30. The van der Waals surface area contributed by atoms with Crippen LogP contribution in [0.5, 0.6) is 5.75 Å². The van der Waals surface area contributed by atoms with E-state index in [-0.39, 0.29) is 18.7 Å². The predicted molar refractivity (Wildman–Crippen MR) is 84.4 cm³/mol. The lowest BCUT2D eigenvalue weighted by molar-refractivity contribution is -0.119. The van der Waals surface area contributed by atoms with Crippen molar-refractivity contribution in [3.63, 3.8) is 0 Å². The van der Waals surface area contributed by atoms with Crippen LogP contribution in [0.3, 0.4) is 0 Å². The molecule has 0 bridgehead atoms. The van der Waals surface area contributed by atoms with E-state index in [9.17, 15) is 4.79 Å². The molecule has 0 saturated carbocycles. The van der Waals surface area contributed by atoms with Crippen molar-refractivity contribution in [1.29, 1.82) is 0 Å². The molecule has 118 valence electrons. The fourth-order valence-corrected chi connectivity index (χ4v) is 2.06. The molecule has 1 heterocycles. The van der Waals surface area contributed by atoms with Gasteiger partial charge in [-0.2, -0.15) is 5.10 Å². The largest absolute Gasteiger partial charge is 0.484 e. The molecule has 22 heavy (non-hydrogen) atoms. The average Bonchev–Trinajstić information content (AvgIpc) is 3.05. The molecular formula is C16H22N4O2. The van der Waals surface area contributed by atoms with Crippen LogP contribution in [-0.2, 0) is 11.3 Å². The maximum atomic E-state index is 10.7. The number of benzene rings is 1. The van der Waals surface area contributed by atoms with Crippen molar-refractivity contribution in [2.45, 2.75) is 32.5 Å². The highest BCUT2D eigenvalue weighted by molar-refractivity contribution is 5.75. The molecule has 1 aromatic heterocycles. The first-order valence-electron chi connectivity index (χ1n) is 7.29. The van der Waals surface area contributed by atoms with Crippen LogP contribution in [0, 0.1) is 0 Å². The van der Waals surface area contributed by atoms with Gasteiger partial charge in [-0.25, -0.2) is 0 Å². The molecule has 3 N–H and O–H groups in total. The Balaban J connectivity index is 1.82. The van der Waals surface area contributed by atoms with Crippen LogP contribution < -0.4 is 15.8 Å². The van der Waals surface area contributed by atoms with E-state index in [1.54, 1.807) is 6.20 Å². The monoisotopic (exact) mass is 302 g/mol. The number of ether oxygens (including phenoxy) is 1. The summed E-state index contributed by atoms with van der Waals surface area (Å²) in [5.41, 5.74) is 6.18. The van der Waals surface area contributed by atoms with E-state index in [4.69, 9.17) is 10.5 Å². The summed E-state index contributed by atoms with van der Waals surface area (Å²) in [6, 6.07) is 10.1. The van der Waals surface area contributed by atoms with Gasteiger partial charge in [-0.1, -0.05) is 12.1 Å². The smallest absolute Gasteiger partial charge is 0.255 e. The molecule has 2 rings (SSSR count). The van der Waals surface area contributed by atoms with Crippen LogP contribution in [0.25, 0.3) is 0 Å². The summed E-state index contributed by atoms with van der Waals surface area (Å²) in [6.07, 6.45) is 3.75. The maximum Gasteiger partial charge on any atom is 0.255 e. The molecule has 6 heteroatoms. The fourth-order valence-electron chi connectivity index (χ4n) is 2.06. The van der Waals surface area contributed by atoms with Gasteiger partial charge in [0.1, 0.15) is 5.75 Å². The minimum absolute atomic E-state index is 0.101. The van der Waals surface area contributed by atoms with Crippen molar-refractivity contribution >= 4 is 5.91 Å².